The van der Waals surface area contributed by atoms with E-state index in [9.17, 15) is 14.4 Å². The molecule has 2 amide bonds. The molecule has 0 unspecified atom stereocenters. The summed E-state index contributed by atoms with van der Waals surface area (Å²) < 4.78 is 0. The number of nitrogens with one attached hydrogen (secondary N) is 1. The van der Waals surface area contributed by atoms with Gasteiger partial charge in [-0.15, -0.1) is 0 Å². The van der Waals surface area contributed by atoms with E-state index in [1.54, 1.807) is 54.4 Å². The van der Waals surface area contributed by atoms with E-state index >= 15 is 0 Å². The number of unbranched alkanes of at least 4 members (excludes halogenated alkanes) is 1. The van der Waals surface area contributed by atoms with Crippen LogP contribution in [0.1, 0.15) is 58.0 Å². The van der Waals surface area contributed by atoms with Crippen LogP contribution in [0.25, 0.3) is 0 Å². The van der Waals surface area contributed by atoms with E-state index in [0.29, 0.717) is 17.8 Å². The molecule has 0 atom stereocenters. The Morgan fingerprint density at radius 3 is 2.31 bits per heavy atom. The molecule has 1 aromatic heterocycles. The fraction of sp³-hybridized carbons (Fsp3) is 0.300. The number of hydrogen-bond donors (Lipinski definition) is 1. The average Bonchev–Trinajstić information content (AvgIpc) is 2.66. The highest BCUT2D eigenvalue weighted by molar-refractivity contribution is 6.04. The number of pyridine rings is 1. The predicted molar refractivity (Wildman–Crippen MR) is 101 cm³/mol. The molecule has 0 saturated heterocycles. The summed E-state index contributed by atoms with van der Waals surface area (Å²) in [5, 5.41) is 2.72. The number of Topliss-reactive ketones (excluding diaryl/α,β-unsaturated/α-hetero) is 1. The monoisotopic (exact) mass is 353 g/mol. The van der Waals surface area contributed by atoms with Crippen LogP contribution < -0.4 is 5.32 Å². The van der Waals surface area contributed by atoms with Crippen LogP contribution in [0, 0.1) is 0 Å². The number of carbonyl (C=O) groups excluding carboxylic acids is 3. The highest BCUT2D eigenvalue weighted by atomic mass is 16.2. The van der Waals surface area contributed by atoms with E-state index in [4.69, 9.17) is 0 Å². The first-order chi connectivity index (χ1) is 12.4. The highest BCUT2D eigenvalue weighted by Crippen LogP contribution is 2.12. The van der Waals surface area contributed by atoms with Crippen molar-refractivity contribution in [3.8, 4) is 0 Å². The summed E-state index contributed by atoms with van der Waals surface area (Å²) in [6, 6.07) is 11.4. The number of amides is 2. The highest BCUT2D eigenvalue weighted by Gasteiger charge is 2.15. The van der Waals surface area contributed by atoms with Crippen molar-refractivity contribution >= 4 is 23.3 Å². The Kier molecular flexibility index (Phi) is 6.60. The molecule has 0 bridgehead atoms. The predicted octanol–water partition coefficient (Wildman–Crippen LogP) is 3.41. The van der Waals surface area contributed by atoms with Crippen molar-refractivity contribution in [2.24, 2.45) is 0 Å². The third-order valence-electron chi connectivity index (χ3n) is 3.94. The van der Waals surface area contributed by atoms with Gasteiger partial charge in [0.25, 0.3) is 11.8 Å². The minimum atomic E-state index is -0.411. The zero-order valence-electron chi connectivity index (χ0n) is 15.3. The van der Waals surface area contributed by atoms with Crippen molar-refractivity contribution in [2.75, 3.05) is 18.9 Å². The van der Waals surface area contributed by atoms with Gasteiger partial charge < -0.3 is 10.2 Å². The second-order valence-electron chi connectivity index (χ2n) is 6.08. The summed E-state index contributed by atoms with van der Waals surface area (Å²) in [7, 11) is 1.73. The lowest BCUT2D eigenvalue weighted by Crippen LogP contribution is -2.29. The van der Waals surface area contributed by atoms with Crippen LogP contribution in [-0.4, -0.2) is 41.1 Å². The molecule has 0 spiro atoms. The molecule has 26 heavy (non-hydrogen) atoms. The summed E-state index contributed by atoms with van der Waals surface area (Å²) in [6.45, 7) is 4.19. The Hall–Kier alpha value is -3.02. The number of rotatable bonds is 7. The second kappa shape index (κ2) is 8.89. The molecule has 6 heteroatoms. The third-order valence-corrected chi connectivity index (χ3v) is 3.94. The number of carbonyl (C=O) groups is 3. The molecule has 0 aliphatic carbocycles. The topological polar surface area (TPSA) is 79.4 Å². The zero-order valence-corrected chi connectivity index (χ0v) is 15.3. The summed E-state index contributed by atoms with van der Waals surface area (Å²) >= 11 is 0. The van der Waals surface area contributed by atoms with Crippen molar-refractivity contribution in [3.63, 3.8) is 0 Å². The Labute approximate surface area is 153 Å². The molecular formula is C20H23N3O3. The minimum Gasteiger partial charge on any atom is -0.340 e. The Morgan fingerprint density at radius 2 is 1.69 bits per heavy atom. The smallest absolute Gasteiger partial charge is 0.274 e. The molecule has 1 N–H and O–H groups in total. The molecule has 1 heterocycles. The quantitative estimate of drug-likeness (QED) is 0.774. The molecule has 0 aliphatic heterocycles. The van der Waals surface area contributed by atoms with Crippen molar-refractivity contribution in [2.45, 2.75) is 26.7 Å². The van der Waals surface area contributed by atoms with Crippen LogP contribution in [0.5, 0.6) is 0 Å². The van der Waals surface area contributed by atoms with Gasteiger partial charge in [-0.1, -0.05) is 19.4 Å². The van der Waals surface area contributed by atoms with E-state index in [1.165, 1.54) is 6.92 Å². The van der Waals surface area contributed by atoms with Gasteiger partial charge in [-0.05, 0) is 49.7 Å². The van der Waals surface area contributed by atoms with E-state index in [1.807, 2.05) is 0 Å². The molecule has 0 radical (unpaired) electrons. The van der Waals surface area contributed by atoms with Gasteiger partial charge in [-0.3, -0.25) is 14.4 Å². The zero-order chi connectivity index (χ0) is 19.1. The molecule has 1 aromatic carbocycles. The normalized spacial score (nSPS) is 10.3. The van der Waals surface area contributed by atoms with Crippen molar-refractivity contribution in [1.29, 1.82) is 0 Å². The minimum absolute atomic E-state index is 0.0389. The Morgan fingerprint density at radius 1 is 1.04 bits per heavy atom. The SMILES string of the molecule is CCCCN(C)C(=O)c1cccc(C(=O)Nc2ccc(C(C)=O)cc2)n1. The number of ketones is 1. The number of aromatic nitrogens is 1. The van der Waals surface area contributed by atoms with E-state index < -0.39 is 5.91 Å². The third kappa shape index (κ3) is 4.99. The fourth-order valence-electron chi connectivity index (χ4n) is 2.36. The second-order valence-corrected chi connectivity index (χ2v) is 6.08. The van der Waals surface area contributed by atoms with Crippen LogP contribution in [0.15, 0.2) is 42.5 Å². The molecule has 136 valence electrons. The van der Waals surface area contributed by atoms with Crippen molar-refractivity contribution < 1.29 is 14.4 Å². The number of nitrogens with zero attached hydrogens (tertiary/aromatic N) is 2. The first kappa shape index (κ1) is 19.3. The van der Waals surface area contributed by atoms with Gasteiger partial charge in [0.2, 0.25) is 0 Å². The van der Waals surface area contributed by atoms with Gasteiger partial charge >= 0.3 is 0 Å². The van der Waals surface area contributed by atoms with Crippen LogP contribution in [0.4, 0.5) is 5.69 Å². The maximum absolute atomic E-state index is 12.4. The Bertz CT molecular complexity index is 800. The maximum atomic E-state index is 12.4. The number of benzene rings is 1. The van der Waals surface area contributed by atoms with Crippen molar-refractivity contribution in [3.05, 3.63) is 59.4 Å². The van der Waals surface area contributed by atoms with Gasteiger partial charge in [0.1, 0.15) is 11.4 Å². The van der Waals surface area contributed by atoms with Gasteiger partial charge in [0, 0.05) is 24.8 Å². The first-order valence-corrected chi connectivity index (χ1v) is 8.57. The molecule has 0 aliphatic rings. The molecule has 0 fully saturated rings. The van der Waals surface area contributed by atoms with E-state index in [2.05, 4.69) is 17.2 Å². The lowest BCUT2D eigenvalue weighted by atomic mass is 10.1. The molecule has 2 aromatic rings. The van der Waals surface area contributed by atoms with E-state index in [-0.39, 0.29) is 23.1 Å². The van der Waals surface area contributed by atoms with Gasteiger partial charge in [0.05, 0.1) is 0 Å². The first-order valence-electron chi connectivity index (χ1n) is 8.57. The van der Waals surface area contributed by atoms with Crippen LogP contribution in [0.3, 0.4) is 0 Å². The molecule has 2 rings (SSSR count). The fourth-order valence-corrected chi connectivity index (χ4v) is 2.36. The summed E-state index contributed by atoms with van der Waals surface area (Å²) in [6.07, 6.45) is 1.91. The van der Waals surface area contributed by atoms with Gasteiger partial charge in [-0.2, -0.15) is 0 Å². The van der Waals surface area contributed by atoms with Gasteiger partial charge in [0.15, 0.2) is 5.78 Å². The Balaban J connectivity index is 2.09. The lowest BCUT2D eigenvalue weighted by molar-refractivity contribution is 0.0787. The van der Waals surface area contributed by atoms with Crippen molar-refractivity contribution in [1.82, 2.24) is 9.88 Å². The van der Waals surface area contributed by atoms with Crippen LogP contribution in [-0.2, 0) is 0 Å². The molecule has 6 nitrogen and oxygen atoms in total. The molecule has 0 saturated carbocycles. The van der Waals surface area contributed by atoms with E-state index in [0.717, 1.165) is 12.8 Å². The summed E-state index contributed by atoms with van der Waals surface area (Å²) in [5.41, 5.74) is 1.53. The van der Waals surface area contributed by atoms with Crippen LogP contribution in [0.2, 0.25) is 0 Å². The standard InChI is InChI=1S/C20H23N3O3/c1-4-5-13-23(3)20(26)18-8-6-7-17(22-18)19(25)21-16-11-9-15(10-12-16)14(2)24/h6-12H,4-5,13H2,1-3H3,(H,21,25). The van der Waals surface area contributed by atoms with Crippen LogP contribution >= 0.6 is 0 Å². The lowest BCUT2D eigenvalue weighted by Gasteiger charge is -2.16. The average molecular weight is 353 g/mol. The number of anilines is 1. The summed E-state index contributed by atoms with van der Waals surface area (Å²) in [5.74, 6) is -0.659. The largest absolute Gasteiger partial charge is 0.340 e. The maximum Gasteiger partial charge on any atom is 0.274 e. The van der Waals surface area contributed by atoms with Gasteiger partial charge in [-0.25, -0.2) is 4.98 Å². The number of hydrogen-bond acceptors (Lipinski definition) is 4. The summed E-state index contributed by atoms with van der Waals surface area (Å²) in [4.78, 5) is 41.8. The molecular weight excluding hydrogens is 330 g/mol.